The van der Waals surface area contributed by atoms with Gasteiger partial charge >= 0.3 is 0 Å². The van der Waals surface area contributed by atoms with Crippen LogP contribution in [0.2, 0.25) is 0 Å². The third-order valence-electron chi connectivity index (χ3n) is 4.63. The van der Waals surface area contributed by atoms with Crippen molar-refractivity contribution in [1.29, 1.82) is 0 Å². The number of hydrogen-bond donors (Lipinski definition) is 1. The summed E-state index contributed by atoms with van der Waals surface area (Å²) in [5.74, 6) is 1.09. The third-order valence-corrected chi connectivity index (χ3v) is 5.35. The molecule has 0 aliphatic heterocycles. The molecule has 1 saturated carbocycles. The van der Waals surface area contributed by atoms with E-state index in [1.165, 1.54) is 34.9 Å². The second-order valence-corrected chi connectivity index (χ2v) is 7.59. The van der Waals surface area contributed by atoms with Crippen LogP contribution in [0, 0.1) is 9.49 Å². The van der Waals surface area contributed by atoms with Crippen LogP contribution in [-0.2, 0) is 4.79 Å². The third kappa shape index (κ3) is 5.54. The van der Waals surface area contributed by atoms with Crippen molar-refractivity contribution in [1.82, 2.24) is 5.32 Å². The highest BCUT2D eigenvalue weighted by molar-refractivity contribution is 14.1. The van der Waals surface area contributed by atoms with E-state index in [2.05, 4.69) is 64.1 Å². The van der Waals surface area contributed by atoms with Crippen LogP contribution < -0.4 is 10.2 Å². The van der Waals surface area contributed by atoms with E-state index in [1.807, 2.05) is 6.92 Å². The first kappa shape index (κ1) is 17.7. The molecule has 2 rings (SSSR count). The summed E-state index contributed by atoms with van der Waals surface area (Å²) >= 11 is 2.34. The van der Waals surface area contributed by atoms with E-state index in [0.717, 1.165) is 12.5 Å². The smallest absolute Gasteiger partial charge is 0.146 e. The minimum absolute atomic E-state index is 0.320. The van der Waals surface area contributed by atoms with E-state index in [9.17, 15) is 4.79 Å². The zero-order valence-corrected chi connectivity index (χ0v) is 15.8. The average molecular weight is 414 g/mol. The predicted molar refractivity (Wildman–Crippen MR) is 101 cm³/mol. The second kappa shape index (κ2) is 8.87. The van der Waals surface area contributed by atoms with E-state index in [-0.39, 0.29) is 0 Å². The first-order valence-corrected chi connectivity index (χ1v) is 9.38. The maximum Gasteiger partial charge on any atom is 0.146 e. The molecule has 122 valence electrons. The summed E-state index contributed by atoms with van der Waals surface area (Å²) < 4.78 is 1.28. The van der Waals surface area contributed by atoms with Gasteiger partial charge in [-0.15, -0.1) is 0 Å². The molecule has 0 saturated heterocycles. The lowest BCUT2D eigenvalue weighted by atomic mass is 9.85. The van der Waals surface area contributed by atoms with Gasteiger partial charge in [0.05, 0.1) is 6.54 Å². The zero-order valence-electron chi connectivity index (χ0n) is 13.6. The fourth-order valence-corrected chi connectivity index (χ4v) is 3.48. The molecule has 1 N–H and O–H groups in total. The number of halogens is 1. The number of carbonyl (C=O) groups excluding carboxylic acids is 1. The first-order valence-electron chi connectivity index (χ1n) is 8.30. The van der Waals surface area contributed by atoms with Crippen LogP contribution in [0.4, 0.5) is 5.69 Å². The van der Waals surface area contributed by atoms with Crippen molar-refractivity contribution < 1.29 is 4.79 Å². The monoisotopic (exact) mass is 414 g/mol. The Labute approximate surface area is 148 Å². The van der Waals surface area contributed by atoms with Gasteiger partial charge in [0, 0.05) is 35.3 Å². The van der Waals surface area contributed by atoms with Gasteiger partial charge in [-0.25, -0.2) is 0 Å². The number of nitrogens with zero attached hydrogens (tertiary/aromatic N) is 1. The number of ketones is 1. The summed E-state index contributed by atoms with van der Waals surface area (Å²) in [5.41, 5.74) is 1.30. The minimum atomic E-state index is 0.320. The van der Waals surface area contributed by atoms with Crippen molar-refractivity contribution in [3.05, 3.63) is 27.8 Å². The first-order chi connectivity index (χ1) is 10.6. The molecule has 1 aromatic rings. The molecule has 0 atom stereocenters. The lowest BCUT2D eigenvalue weighted by molar-refractivity contribution is -0.118. The molecule has 1 aliphatic rings. The van der Waals surface area contributed by atoms with Crippen LogP contribution >= 0.6 is 22.6 Å². The molecular formula is C18H27IN2O. The molecule has 1 aliphatic carbocycles. The van der Waals surface area contributed by atoms with Crippen molar-refractivity contribution in [2.45, 2.75) is 45.1 Å². The number of rotatable bonds is 7. The van der Waals surface area contributed by atoms with E-state index in [1.54, 1.807) is 0 Å². The van der Waals surface area contributed by atoms with Gasteiger partial charge in [-0.1, -0.05) is 6.92 Å². The van der Waals surface area contributed by atoms with Crippen LogP contribution in [0.1, 0.15) is 39.0 Å². The number of hydrogen-bond acceptors (Lipinski definition) is 3. The minimum Gasteiger partial charge on any atom is -0.374 e. The highest BCUT2D eigenvalue weighted by Gasteiger charge is 2.22. The Kier molecular flexibility index (Phi) is 7.15. The molecule has 0 amide bonds. The van der Waals surface area contributed by atoms with Crippen molar-refractivity contribution in [3.8, 4) is 0 Å². The van der Waals surface area contributed by atoms with Crippen LogP contribution in [0.5, 0.6) is 0 Å². The van der Waals surface area contributed by atoms with Gasteiger partial charge in [0.2, 0.25) is 0 Å². The Hall–Kier alpha value is -0.620. The summed E-state index contributed by atoms with van der Waals surface area (Å²) in [6.45, 7) is 3.61. The van der Waals surface area contributed by atoms with Crippen molar-refractivity contribution >= 4 is 34.1 Å². The summed E-state index contributed by atoms with van der Waals surface area (Å²) in [7, 11) is 2.19. The summed E-state index contributed by atoms with van der Waals surface area (Å²) in [4.78, 5) is 13.7. The maximum atomic E-state index is 11.4. The maximum absolute atomic E-state index is 11.4. The number of nitrogens with one attached hydrogen (secondary N) is 1. The van der Waals surface area contributed by atoms with Crippen LogP contribution in [0.3, 0.4) is 0 Å². The topological polar surface area (TPSA) is 32.3 Å². The molecular weight excluding hydrogens is 387 g/mol. The van der Waals surface area contributed by atoms with E-state index >= 15 is 0 Å². The number of benzene rings is 1. The Morgan fingerprint density at radius 1 is 1.23 bits per heavy atom. The summed E-state index contributed by atoms with van der Waals surface area (Å²) in [6, 6.07) is 9.27. The van der Waals surface area contributed by atoms with Crippen molar-refractivity contribution in [2.24, 2.45) is 5.92 Å². The van der Waals surface area contributed by atoms with Gasteiger partial charge < -0.3 is 10.2 Å². The van der Waals surface area contributed by atoms with Gasteiger partial charge in [-0.3, -0.25) is 4.79 Å². The molecule has 1 aromatic carbocycles. The van der Waals surface area contributed by atoms with Crippen LogP contribution in [-0.4, -0.2) is 32.0 Å². The lowest BCUT2D eigenvalue weighted by Gasteiger charge is -2.32. The van der Waals surface area contributed by atoms with Gasteiger partial charge in [-0.05, 0) is 78.5 Å². The van der Waals surface area contributed by atoms with E-state index in [0.29, 0.717) is 24.8 Å². The predicted octanol–water partition coefficient (Wildman–Crippen LogP) is 3.85. The number of carbonyl (C=O) groups is 1. The average Bonchev–Trinajstić information content (AvgIpc) is 2.54. The Morgan fingerprint density at radius 3 is 2.45 bits per heavy atom. The highest BCUT2D eigenvalue weighted by atomic mass is 127. The lowest BCUT2D eigenvalue weighted by Crippen LogP contribution is -2.38. The largest absolute Gasteiger partial charge is 0.374 e. The standard InChI is InChI=1S/C18H27IN2O/c1-3-18(22)12-20-16-8-4-14(5-9-16)13-21(2)17-10-6-15(19)7-11-17/h6-7,10-11,14,16,20H,3-5,8-9,12-13H2,1-2H3. The molecule has 4 heteroatoms. The Balaban J connectivity index is 1.72. The second-order valence-electron chi connectivity index (χ2n) is 6.35. The van der Waals surface area contributed by atoms with Gasteiger partial charge in [0.15, 0.2) is 0 Å². The summed E-state index contributed by atoms with van der Waals surface area (Å²) in [6.07, 6.45) is 5.55. The fraction of sp³-hybridized carbons (Fsp3) is 0.611. The van der Waals surface area contributed by atoms with Crippen molar-refractivity contribution in [2.75, 3.05) is 25.0 Å². The molecule has 0 aromatic heterocycles. The number of anilines is 1. The summed E-state index contributed by atoms with van der Waals surface area (Å²) in [5, 5.41) is 3.42. The van der Waals surface area contributed by atoms with Gasteiger partial charge in [-0.2, -0.15) is 0 Å². The highest BCUT2D eigenvalue weighted by Crippen LogP contribution is 2.26. The Morgan fingerprint density at radius 2 is 1.86 bits per heavy atom. The van der Waals surface area contributed by atoms with Crippen LogP contribution in [0.25, 0.3) is 0 Å². The molecule has 3 nitrogen and oxygen atoms in total. The molecule has 0 radical (unpaired) electrons. The van der Waals surface area contributed by atoms with E-state index < -0.39 is 0 Å². The molecule has 0 heterocycles. The molecule has 0 unspecified atom stereocenters. The number of Topliss-reactive ketones (excluding diaryl/α,β-unsaturated/α-hetero) is 1. The molecule has 1 fully saturated rings. The fourth-order valence-electron chi connectivity index (χ4n) is 3.12. The molecule has 0 bridgehead atoms. The normalized spacial score (nSPS) is 21.6. The molecule has 22 heavy (non-hydrogen) atoms. The van der Waals surface area contributed by atoms with Crippen LogP contribution in [0.15, 0.2) is 24.3 Å². The van der Waals surface area contributed by atoms with Gasteiger partial charge in [0.25, 0.3) is 0 Å². The SMILES string of the molecule is CCC(=O)CNC1CCC(CN(C)c2ccc(I)cc2)CC1. The quantitative estimate of drug-likeness (QED) is 0.688. The van der Waals surface area contributed by atoms with Crippen molar-refractivity contribution in [3.63, 3.8) is 0 Å². The zero-order chi connectivity index (χ0) is 15.9. The van der Waals surface area contributed by atoms with Gasteiger partial charge in [0.1, 0.15) is 5.78 Å². The van der Waals surface area contributed by atoms with E-state index in [4.69, 9.17) is 0 Å². The molecule has 0 spiro atoms. The Bertz CT molecular complexity index is 466.